The Balaban J connectivity index is 1.29. The lowest BCUT2D eigenvalue weighted by Gasteiger charge is -2.34. The van der Waals surface area contributed by atoms with Gasteiger partial charge >= 0.3 is 0 Å². The first kappa shape index (κ1) is 22.6. The second-order valence-corrected chi connectivity index (χ2v) is 11.7. The second-order valence-electron chi connectivity index (χ2n) is 9.76. The van der Waals surface area contributed by atoms with Crippen LogP contribution < -0.4 is 10.2 Å². The number of anilines is 1. The molecule has 3 heterocycles. The smallest absolute Gasteiger partial charge is 0.243 e. The number of sulfonamides is 1. The quantitative estimate of drug-likeness (QED) is 0.721. The van der Waals surface area contributed by atoms with Gasteiger partial charge < -0.3 is 10.2 Å². The Hall–Kier alpha value is -2.19. The highest BCUT2D eigenvalue weighted by atomic mass is 32.2. The minimum Gasteiger partial charge on any atom is -0.356 e. The molecule has 0 unspecified atom stereocenters. The fourth-order valence-electron chi connectivity index (χ4n) is 5.47. The van der Waals surface area contributed by atoms with Crippen molar-refractivity contribution in [3.05, 3.63) is 30.3 Å². The zero-order valence-electron chi connectivity index (χ0n) is 19.2. The number of carbonyl (C=O) groups is 1. The number of fused-ring (bicyclic) bond motifs is 1. The Labute approximate surface area is 196 Å². The molecule has 3 fully saturated rings. The summed E-state index contributed by atoms with van der Waals surface area (Å²) in [6.07, 6.45) is 9.64. The maximum absolute atomic E-state index is 12.9. The third-order valence-corrected chi connectivity index (χ3v) is 9.31. The maximum Gasteiger partial charge on any atom is 0.243 e. The van der Waals surface area contributed by atoms with Crippen molar-refractivity contribution in [2.45, 2.75) is 68.7 Å². The summed E-state index contributed by atoms with van der Waals surface area (Å²) in [4.78, 5) is 20.2. The topological polar surface area (TPSA) is 82.6 Å². The number of pyridine rings is 1. The van der Waals surface area contributed by atoms with Crippen LogP contribution in [0, 0.1) is 5.92 Å². The molecule has 5 rings (SSSR count). The largest absolute Gasteiger partial charge is 0.356 e. The molecule has 1 saturated carbocycles. The molecular weight excluding hydrogens is 436 g/mol. The third kappa shape index (κ3) is 4.87. The first-order chi connectivity index (χ1) is 16.0. The van der Waals surface area contributed by atoms with E-state index < -0.39 is 10.0 Å². The summed E-state index contributed by atoms with van der Waals surface area (Å²) in [5.41, 5.74) is 0.779. The average Bonchev–Trinajstić information content (AvgIpc) is 3.40. The van der Waals surface area contributed by atoms with Crippen molar-refractivity contribution < 1.29 is 13.2 Å². The molecule has 1 atom stereocenters. The van der Waals surface area contributed by atoms with Gasteiger partial charge in [0.1, 0.15) is 5.82 Å². The van der Waals surface area contributed by atoms with Crippen molar-refractivity contribution in [3.63, 3.8) is 0 Å². The van der Waals surface area contributed by atoms with Gasteiger partial charge in [-0.05, 0) is 68.9 Å². The van der Waals surface area contributed by atoms with Crippen molar-refractivity contribution in [3.8, 4) is 0 Å². The van der Waals surface area contributed by atoms with E-state index in [1.807, 2.05) is 12.1 Å². The van der Waals surface area contributed by atoms with E-state index in [1.54, 1.807) is 22.5 Å². The average molecular weight is 471 g/mol. The SMILES string of the molecule is O=C(NC1CCCCC1)[C@H]1CCCN(c2ccc3cc(S(=O)(=O)N4CCCC4)ccc3n2)C1. The minimum absolute atomic E-state index is 0.00819. The highest BCUT2D eigenvalue weighted by Gasteiger charge is 2.29. The van der Waals surface area contributed by atoms with Crippen molar-refractivity contribution in [2.75, 3.05) is 31.1 Å². The van der Waals surface area contributed by atoms with Gasteiger partial charge in [0.15, 0.2) is 0 Å². The van der Waals surface area contributed by atoms with E-state index in [0.29, 0.717) is 30.6 Å². The van der Waals surface area contributed by atoms with Gasteiger partial charge in [0, 0.05) is 37.6 Å². The molecule has 0 spiro atoms. The summed E-state index contributed by atoms with van der Waals surface area (Å²) in [7, 11) is -3.44. The van der Waals surface area contributed by atoms with Crippen LogP contribution in [0.25, 0.3) is 10.9 Å². The molecule has 178 valence electrons. The van der Waals surface area contributed by atoms with Crippen LogP contribution in [0.4, 0.5) is 5.82 Å². The first-order valence-electron chi connectivity index (χ1n) is 12.5. The minimum atomic E-state index is -3.44. The van der Waals surface area contributed by atoms with Crippen molar-refractivity contribution in [1.29, 1.82) is 0 Å². The molecule has 3 aliphatic rings. The van der Waals surface area contributed by atoms with Crippen LogP contribution >= 0.6 is 0 Å². The molecule has 0 radical (unpaired) electrons. The molecule has 1 N–H and O–H groups in total. The predicted octanol–water partition coefficient (Wildman–Crippen LogP) is 3.68. The second kappa shape index (κ2) is 9.58. The third-order valence-electron chi connectivity index (χ3n) is 7.42. The predicted molar refractivity (Wildman–Crippen MR) is 130 cm³/mol. The summed E-state index contributed by atoms with van der Waals surface area (Å²) < 4.78 is 27.4. The van der Waals surface area contributed by atoms with E-state index in [-0.39, 0.29) is 11.8 Å². The Bertz CT molecular complexity index is 1110. The van der Waals surface area contributed by atoms with Crippen LogP contribution in [0.15, 0.2) is 35.2 Å². The van der Waals surface area contributed by atoms with Gasteiger partial charge in [-0.25, -0.2) is 13.4 Å². The van der Waals surface area contributed by atoms with Crippen LogP contribution in [0.5, 0.6) is 0 Å². The normalized spacial score (nSPS) is 23.2. The fraction of sp³-hybridized carbons (Fsp3) is 0.600. The summed E-state index contributed by atoms with van der Waals surface area (Å²) >= 11 is 0. The molecule has 1 aromatic carbocycles. The van der Waals surface area contributed by atoms with Crippen LogP contribution in [0.1, 0.15) is 57.8 Å². The van der Waals surface area contributed by atoms with E-state index in [4.69, 9.17) is 4.98 Å². The summed E-state index contributed by atoms with van der Waals surface area (Å²) in [5, 5.41) is 4.11. The number of nitrogens with one attached hydrogen (secondary N) is 1. The number of benzene rings is 1. The van der Waals surface area contributed by atoms with Crippen LogP contribution in [0.3, 0.4) is 0 Å². The van der Waals surface area contributed by atoms with Crippen molar-refractivity contribution in [1.82, 2.24) is 14.6 Å². The number of carbonyl (C=O) groups excluding carboxylic acids is 1. The van der Waals surface area contributed by atoms with Gasteiger partial charge in [-0.15, -0.1) is 0 Å². The lowest BCUT2D eigenvalue weighted by atomic mass is 9.93. The molecule has 1 aromatic heterocycles. The highest BCUT2D eigenvalue weighted by molar-refractivity contribution is 7.89. The van der Waals surface area contributed by atoms with Gasteiger partial charge in [0.2, 0.25) is 15.9 Å². The number of piperidine rings is 1. The van der Waals surface area contributed by atoms with Gasteiger partial charge in [0.05, 0.1) is 16.3 Å². The summed E-state index contributed by atoms with van der Waals surface area (Å²) in [6, 6.07) is 9.45. The Morgan fingerprint density at radius 2 is 1.70 bits per heavy atom. The molecule has 7 nitrogen and oxygen atoms in total. The Kier molecular flexibility index (Phi) is 6.56. The Morgan fingerprint density at radius 3 is 2.48 bits per heavy atom. The monoisotopic (exact) mass is 470 g/mol. The number of rotatable bonds is 5. The van der Waals surface area contributed by atoms with Crippen LogP contribution in [-0.2, 0) is 14.8 Å². The molecule has 2 saturated heterocycles. The van der Waals surface area contributed by atoms with Gasteiger partial charge in [-0.2, -0.15) is 4.31 Å². The number of aromatic nitrogens is 1. The zero-order chi connectivity index (χ0) is 22.8. The molecule has 1 aliphatic carbocycles. The van der Waals surface area contributed by atoms with Gasteiger partial charge in [-0.3, -0.25) is 4.79 Å². The molecule has 33 heavy (non-hydrogen) atoms. The molecule has 1 amide bonds. The molecule has 2 aliphatic heterocycles. The van der Waals surface area contributed by atoms with E-state index >= 15 is 0 Å². The fourth-order valence-corrected chi connectivity index (χ4v) is 7.03. The van der Waals surface area contributed by atoms with Crippen LogP contribution in [-0.4, -0.2) is 55.8 Å². The zero-order valence-corrected chi connectivity index (χ0v) is 20.0. The van der Waals surface area contributed by atoms with Crippen molar-refractivity contribution >= 4 is 32.7 Å². The van der Waals surface area contributed by atoms with E-state index in [1.165, 1.54) is 19.3 Å². The van der Waals surface area contributed by atoms with Crippen molar-refractivity contribution in [2.24, 2.45) is 5.92 Å². The lowest BCUT2D eigenvalue weighted by Crippen LogP contribution is -2.46. The lowest BCUT2D eigenvalue weighted by molar-refractivity contribution is -0.126. The molecule has 0 bridgehead atoms. The van der Waals surface area contributed by atoms with Gasteiger partial charge in [-0.1, -0.05) is 19.3 Å². The van der Waals surface area contributed by atoms with E-state index in [0.717, 1.165) is 61.8 Å². The maximum atomic E-state index is 12.9. The number of nitrogens with zero attached hydrogens (tertiary/aromatic N) is 3. The molecular formula is C25H34N4O3S. The summed E-state index contributed by atoms with van der Waals surface area (Å²) in [5.74, 6) is 1.03. The molecule has 2 aromatic rings. The highest BCUT2D eigenvalue weighted by Crippen LogP contribution is 2.28. The van der Waals surface area contributed by atoms with E-state index in [2.05, 4.69) is 10.2 Å². The molecule has 8 heteroatoms. The number of hydrogen-bond donors (Lipinski definition) is 1. The summed E-state index contributed by atoms with van der Waals surface area (Å²) in [6.45, 7) is 2.76. The Morgan fingerprint density at radius 1 is 0.909 bits per heavy atom. The number of hydrogen-bond acceptors (Lipinski definition) is 5. The standard InChI is InChI=1S/C25H34N4O3S/c30-25(26-21-8-2-1-3-9-21)20-7-6-14-28(18-20)24-13-10-19-17-22(11-12-23(19)27-24)33(31,32)29-15-4-5-16-29/h10-13,17,20-21H,1-9,14-16,18H2,(H,26,30)/t20-/m0/s1. The first-order valence-corrected chi connectivity index (χ1v) is 13.9. The van der Waals surface area contributed by atoms with E-state index in [9.17, 15) is 13.2 Å². The number of amides is 1. The van der Waals surface area contributed by atoms with Crippen LogP contribution in [0.2, 0.25) is 0 Å². The van der Waals surface area contributed by atoms with Gasteiger partial charge in [0.25, 0.3) is 0 Å².